The molecule has 0 bridgehead atoms. The molecule has 0 aromatic heterocycles. The highest BCUT2D eigenvalue weighted by Crippen LogP contribution is 2.36. The second-order valence-electron chi connectivity index (χ2n) is 5.47. The van der Waals surface area contributed by atoms with Gasteiger partial charge in [-0.1, -0.05) is 12.1 Å². The van der Waals surface area contributed by atoms with E-state index in [-0.39, 0.29) is 30.0 Å². The van der Waals surface area contributed by atoms with E-state index < -0.39 is 27.2 Å². The molecule has 146 valence electrons. The lowest BCUT2D eigenvalue weighted by atomic mass is 10.1. The van der Waals surface area contributed by atoms with E-state index in [0.29, 0.717) is 5.56 Å². The van der Waals surface area contributed by atoms with Crippen LogP contribution in [0.5, 0.6) is 11.5 Å². The lowest BCUT2D eigenvalue weighted by Gasteiger charge is -2.07. The number of phenolic OH excluding ortho intramolecular Hbond substituents is 1. The number of amides is 1. The van der Waals surface area contributed by atoms with E-state index in [1.807, 2.05) is 0 Å². The fourth-order valence-electron chi connectivity index (χ4n) is 2.23. The van der Waals surface area contributed by atoms with Crippen LogP contribution in [0.15, 0.2) is 41.5 Å². The molecule has 11 nitrogen and oxygen atoms in total. The lowest BCUT2D eigenvalue weighted by Crippen LogP contribution is -2.19. The molecule has 2 N–H and O–H groups in total. The van der Waals surface area contributed by atoms with E-state index in [9.17, 15) is 30.1 Å². The number of hydrogen-bond donors (Lipinski definition) is 2. The van der Waals surface area contributed by atoms with Gasteiger partial charge in [-0.15, -0.1) is 0 Å². The van der Waals surface area contributed by atoms with Gasteiger partial charge < -0.3 is 9.84 Å². The Labute approximate surface area is 158 Å². The zero-order valence-electron chi connectivity index (χ0n) is 14.7. The number of aromatic hydroxyl groups is 1. The predicted molar refractivity (Wildman–Crippen MR) is 98.5 cm³/mol. The van der Waals surface area contributed by atoms with Gasteiger partial charge in [-0.2, -0.15) is 5.10 Å². The van der Waals surface area contributed by atoms with Crippen LogP contribution in [0, 0.1) is 20.2 Å². The minimum Gasteiger partial charge on any atom is -0.500 e. The Morgan fingerprint density at radius 3 is 2.46 bits per heavy atom. The molecule has 1 amide bonds. The fourth-order valence-corrected chi connectivity index (χ4v) is 2.23. The second kappa shape index (κ2) is 9.07. The van der Waals surface area contributed by atoms with Gasteiger partial charge in [0.05, 0.1) is 29.1 Å². The van der Waals surface area contributed by atoms with Crippen molar-refractivity contribution >= 4 is 23.5 Å². The molecule has 2 aromatic carbocycles. The van der Waals surface area contributed by atoms with Crippen LogP contribution < -0.4 is 10.2 Å². The van der Waals surface area contributed by atoms with Crippen molar-refractivity contribution < 1.29 is 24.5 Å². The molecule has 0 aliphatic rings. The Bertz CT molecular complexity index is 926. The standard InChI is InChI=1S/C17H16N4O7/c1-2-28-15-8-12(7-14(17(15)23)21(26)27)10-18-19-16(22)9-11-3-5-13(6-4-11)20(24)25/h3-8,10,23H,2,9H2,1H3,(H,19,22)/b18-10-. The number of ether oxygens (including phenoxy) is 1. The summed E-state index contributed by atoms with van der Waals surface area (Å²) < 4.78 is 5.15. The molecule has 0 unspecified atom stereocenters. The number of nitrogens with zero attached hydrogens (tertiary/aromatic N) is 3. The molecule has 0 aliphatic heterocycles. The van der Waals surface area contributed by atoms with Gasteiger partial charge in [0.25, 0.3) is 5.69 Å². The van der Waals surface area contributed by atoms with Gasteiger partial charge >= 0.3 is 5.69 Å². The summed E-state index contributed by atoms with van der Waals surface area (Å²) in [5.41, 5.74) is 2.41. The van der Waals surface area contributed by atoms with Gasteiger partial charge in [0.2, 0.25) is 11.7 Å². The largest absolute Gasteiger partial charge is 0.500 e. The first kappa shape index (κ1) is 20.3. The van der Waals surface area contributed by atoms with Crippen molar-refractivity contribution in [3.05, 3.63) is 67.8 Å². The molecule has 0 saturated carbocycles. The fraction of sp³-hybridized carbons (Fsp3) is 0.176. The molecule has 0 spiro atoms. The molecule has 0 atom stereocenters. The number of nitro groups is 2. The summed E-state index contributed by atoms with van der Waals surface area (Å²) in [6.45, 7) is 1.85. The minimum atomic E-state index is -0.762. The van der Waals surface area contributed by atoms with Crippen molar-refractivity contribution in [1.29, 1.82) is 0 Å². The van der Waals surface area contributed by atoms with E-state index in [2.05, 4.69) is 10.5 Å². The Balaban J connectivity index is 2.06. The summed E-state index contributed by atoms with van der Waals surface area (Å²) in [6, 6.07) is 7.92. The quantitative estimate of drug-likeness (QED) is 0.399. The highest BCUT2D eigenvalue weighted by molar-refractivity contribution is 5.85. The van der Waals surface area contributed by atoms with Crippen LogP contribution in [0.3, 0.4) is 0 Å². The number of carbonyl (C=O) groups is 1. The van der Waals surface area contributed by atoms with Crippen molar-refractivity contribution in [2.45, 2.75) is 13.3 Å². The number of hydrogen-bond acceptors (Lipinski definition) is 8. The van der Waals surface area contributed by atoms with Crippen LogP contribution >= 0.6 is 0 Å². The van der Waals surface area contributed by atoms with Crippen LogP contribution in [0.25, 0.3) is 0 Å². The number of carbonyl (C=O) groups excluding carboxylic acids is 1. The van der Waals surface area contributed by atoms with Crippen molar-refractivity contribution in [1.82, 2.24) is 5.43 Å². The number of non-ortho nitro benzene ring substituents is 1. The number of benzene rings is 2. The van der Waals surface area contributed by atoms with Crippen molar-refractivity contribution in [2.75, 3.05) is 6.61 Å². The van der Waals surface area contributed by atoms with Crippen LogP contribution in [0.2, 0.25) is 0 Å². The van der Waals surface area contributed by atoms with Gasteiger partial charge in [0, 0.05) is 23.8 Å². The smallest absolute Gasteiger partial charge is 0.315 e. The molecule has 11 heteroatoms. The van der Waals surface area contributed by atoms with E-state index in [1.165, 1.54) is 36.5 Å². The van der Waals surface area contributed by atoms with Crippen LogP contribution in [0.1, 0.15) is 18.1 Å². The minimum absolute atomic E-state index is 0.0603. The highest BCUT2D eigenvalue weighted by atomic mass is 16.6. The SMILES string of the molecule is CCOc1cc(/C=N\NC(=O)Cc2ccc([N+](=O)[O-])cc2)cc([N+](=O)[O-])c1O. The second-order valence-corrected chi connectivity index (χ2v) is 5.47. The Kier molecular flexibility index (Phi) is 6.58. The van der Waals surface area contributed by atoms with Gasteiger partial charge in [0.15, 0.2) is 5.75 Å². The van der Waals surface area contributed by atoms with E-state index in [0.717, 1.165) is 6.07 Å². The first-order valence-corrected chi connectivity index (χ1v) is 8.01. The van der Waals surface area contributed by atoms with Crippen molar-refractivity contribution in [3.63, 3.8) is 0 Å². The number of nitro benzene ring substituents is 2. The van der Waals surface area contributed by atoms with Crippen LogP contribution in [0.4, 0.5) is 11.4 Å². The van der Waals surface area contributed by atoms with Crippen LogP contribution in [-0.4, -0.2) is 33.7 Å². The average molecular weight is 388 g/mol. The number of rotatable bonds is 8. The molecular weight excluding hydrogens is 372 g/mol. The van der Waals surface area contributed by atoms with E-state index >= 15 is 0 Å². The highest BCUT2D eigenvalue weighted by Gasteiger charge is 2.19. The number of hydrazone groups is 1. The molecule has 0 saturated heterocycles. The summed E-state index contributed by atoms with van der Waals surface area (Å²) >= 11 is 0. The Hall–Kier alpha value is -4.02. The first-order valence-electron chi connectivity index (χ1n) is 8.01. The van der Waals surface area contributed by atoms with Crippen molar-refractivity contribution in [2.24, 2.45) is 5.10 Å². The summed E-state index contributed by atoms with van der Waals surface area (Å²) in [7, 11) is 0. The molecule has 0 aliphatic carbocycles. The van der Waals surface area contributed by atoms with Gasteiger partial charge in [-0.05, 0) is 18.6 Å². The predicted octanol–water partition coefficient (Wildman–Crippen LogP) is 2.30. The maximum Gasteiger partial charge on any atom is 0.315 e. The van der Waals surface area contributed by atoms with E-state index in [1.54, 1.807) is 6.92 Å². The molecule has 0 radical (unpaired) electrons. The molecule has 2 aromatic rings. The maximum atomic E-state index is 11.9. The third kappa shape index (κ3) is 5.24. The Morgan fingerprint density at radius 2 is 1.89 bits per heavy atom. The zero-order chi connectivity index (χ0) is 20.7. The summed E-state index contributed by atoms with van der Waals surface area (Å²) in [5.74, 6) is -1.15. The third-order valence-electron chi connectivity index (χ3n) is 3.49. The maximum absolute atomic E-state index is 11.9. The summed E-state index contributed by atoms with van der Waals surface area (Å²) in [6.07, 6.45) is 1.11. The molecule has 0 heterocycles. The summed E-state index contributed by atoms with van der Waals surface area (Å²) in [5, 5.41) is 35.2. The van der Waals surface area contributed by atoms with Crippen molar-refractivity contribution in [3.8, 4) is 11.5 Å². The zero-order valence-corrected chi connectivity index (χ0v) is 14.7. The Morgan fingerprint density at radius 1 is 1.21 bits per heavy atom. The van der Waals surface area contributed by atoms with Gasteiger partial charge in [0.1, 0.15) is 0 Å². The average Bonchev–Trinajstić information content (AvgIpc) is 2.64. The van der Waals surface area contributed by atoms with E-state index in [4.69, 9.17) is 4.74 Å². The monoisotopic (exact) mass is 388 g/mol. The molecule has 28 heavy (non-hydrogen) atoms. The molecule has 0 fully saturated rings. The normalized spacial score (nSPS) is 10.6. The lowest BCUT2D eigenvalue weighted by molar-refractivity contribution is -0.386. The van der Waals surface area contributed by atoms with Gasteiger partial charge in [-0.3, -0.25) is 25.0 Å². The first-order chi connectivity index (χ1) is 13.3. The number of phenols is 1. The summed E-state index contributed by atoms with van der Waals surface area (Å²) in [4.78, 5) is 32.2. The van der Waals surface area contributed by atoms with Crippen LogP contribution in [-0.2, 0) is 11.2 Å². The third-order valence-corrected chi connectivity index (χ3v) is 3.49. The molecule has 2 rings (SSSR count). The van der Waals surface area contributed by atoms with Gasteiger partial charge in [-0.25, -0.2) is 5.43 Å². The molecular formula is C17H16N4O7. The topological polar surface area (TPSA) is 157 Å². The number of nitrogens with one attached hydrogen (secondary N) is 1.